The largest absolute Gasteiger partial charge is 0.416 e. The number of benzene rings is 1. The van der Waals surface area contributed by atoms with Crippen molar-refractivity contribution in [2.75, 3.05) is 0 Å². The monoisotopic (exact) mass is 256 g/mol. The highest BCUT2D eigenvalue weighted by molar-refractivity contribution is 5.56. The molecule has 19 heavy (non-hydrogen) atoms. The summed E-state index contributed by atoms with van der Waals surface area (Å²) in [5.74, 6) is 1.02. The van der Waals surface area contributed by atoms with E-state index in [1.807, 2.05) is 0 Å². The number of aryl methyl sites for hydroxylation is 1. The Morgan fingerprint density at radius 3 is 2.11 bits per heavy atom. The summed E-state index contributed by atoms with van der Waals surface area (Å²) in [5, 5.41) is 7.84. The van der Waals surface area contributed by atoms with E-state index in [0.717, 1.165) is 0 Å². The van der Waals surface area contributed by atoms with Gasteiger partial charge in [-0.3, -0.25) is 0 Å². The van der Waals surface area contributed by atoms with Crippen LogP contribution in [-0.4, -0.2) is 20.2 Å². The minimum atomic E-state index is -0.310. The van der Waals surface area contributed by atoms with E-state index < -0.39 is 0 Å². The summed E-state index contributed by atoms with van der Waals surface area (Å²) in [5.41, 5.74) is 1.31. The van der Waals surface area contributed by atoms with Crippen LogP contribution in [0.2, 0.25) is 0 Å². The van der Waals surface area contributed by atoms with Gasteiger partial charge in [0.25, 0.3) is 5.89 Å². The second-order valence-electron chi connectivity index (χ2n) is 3.94. The molecule has 0 N–H and O–H groups in total. The number of rotatable bonds is 2. The number of hydrogen-bond donors (Lipinski definition) is 0. The molecule has 3 aromatic rings. The molecule has 94 valence electrons. The maximum atomic E-state index is 12.8. The van der Waals surface area contributed by atoms with Gasteiger partial charge >= 0.3 is 0 Å². The van der Waals surface area contributed by atoms with Crippen LogP contribution in [0.3, 0.4) is 0 Å². The van der Waals surface area contributed by atoms with E-state index in [4.69, 9.17) is 4.42 Å². The van der Waals surface area contributed by atoms with Crippen LogP contribution in [0.4, 0.5) is 4.39 Å². The molecule has 0 atom stereocenters. The predicted molar refractivity (Wildman–Crippen MR) is 65.5 cm³/mol. The van der Waals surface area contributed by atoms with E-state index in [0.29, 0.717) is 28.7 Å². The molecule has 2 aromatic heterocycles. The zero-order chi connectivity index (χ0) is 13.2. The molecule has 3 rings (SSSR count). The van der Waals surface area contributed by atoms with Gasteiger partial charge in [-0.05, 0) is 31.2 Å². The molecule has 2 heterocycles. The van der Waals surface area contributed by atoms with Gasteiger partial charge in [0, 0.05) is 18.0 Å². The predicted octanol–water partition coefficient (Wildman–Crippen LogP) is 2.64. The van der Waals surface area contributed by atoms with E-state index in [1.54, 1.807) is 31.5 Å². The molecule has 0 radical (unpaired) electrons. The minimum Gasteiger partial charge on any atom is -0.416 e. The third-order valence-corrected chi connectivity index (χ3v) is 2.54. The van der Waals surface area contributed by atoms with Crippen molar-refractivity contribution < 1.29 is 8.81 Å². The van der Waals surface area contributed by atoms with Crippen molar-refractivity contribution in [3.05, 3.63) is 48.3 Å². The number of halogens is 1. The van der Waals surface area contributed by atoms with E-state index in [1.165, 1.54) is 12.1 Å². The smallest absolute Gasteiger partial charge is 0.251 e. The van der Waals surface area contributed by atoms with Gasteiger partial charge < -0.3 is 4.42 Å². The highest BCUT2D eigenvalue weighted by atomic mass is 19.1. The van der Waals surface area contributed by atoms with Crippen LogP contribution >= 0.6 is 0 Å². The van der Waals surface area contributed by atoms with Gasteiger partial charge in [-0.2, -0.15) is 0 Å². The van der Waals surface area contributed by atoms with Gasteiger partial charge in [-0.25, -0.2) is 14.4 Å². The first-order valence-corrected chi connectivity index (χ1v) is 5.61. The standard InChI is InChI=1S/C13H9FN4O/c1-8-15-6-10(7-16-8)13-18-17-12(19-13)9-2-4-11(14)5-3-9/h2-7H,1H3. The molecule has 0 fully saturated rings. The van der Waals surface area contributed by atoms with Crippen molar-refractivity contribution in [1.29, 1.82) is 0 Å². The van der Waals surface area contributed by atoms with Crippen LogP contribution in [0, 0.1) is 12.7 Å². The Hall–Kier alpha value is -2.63. The maximum absolute atomic E-state index is 12.8. The molecule has 0 aliphatic rings. The zero-order valence-electron chi connectivity index (χ0n) is 10.0. The van der Waals surface area contributed by atoms with Crippen LogP contribution in [-0.2, 0) is 0 Å². The lowest BCUT2D eigenvalue weighted by molar-refractivity contribution is 0.583. The number of hydrogen-bond acceptors (Lipinski definition) is 5. The molecule has 1 aromatic carbocycles. The summed E-state index contributed by atoms with van der Waals surface area (Å²) in [7, 11) is 0. The SMILES string of the molecule is Cc1ncc(-c2nnc(-c3ccc(F)cc3)o2)cn1. The number of aromatic nitrogens is 4. The number of nitrogens with zero attached hydrogens (tertiary/aromatic N) is 4. The Labute approximate surface area is 108 Å². The molecule has 0 amide bonds. The summed E-state index contributed by atoms with van der Waals surface area (Å²) in [6.45, 7) is 1.79. The molecule has 0 aliphatic heterocycles. The highest BCUT2D eigenvalue weighted by Gasteiger charge is 2.11. The summed E-state index contributed by atoms with van der Waals surface area (Å²) < 4.78 is 18.3. The third kappa shape index (κ3) is 2.33. The minimum absolute atomic E-state index is 0.310. The first-order chi connectivity index (χ1) is 9.22. The van der Waals surface area contributed by atoms with E-state index in [9.17, 15) is 4.39 Å². The Balaban J connectivity index is 1.95. The molecular weight excluding hydrogens is 247 g/mol. The maximum Gasteiger partial charge on any atom is 0.251 e. The van der Waals surface area contributed by atoms with Crippen molar-refractivity contribution in [3.63, 3.8) is 0 Å². The Bertz CT molecular complexity index is 631. The first-order valence-electron chi connectivity index (χ1n) is 5.61. The lowest BCUT2D eigenvalue weighted by Crippen LogP contribution is -1.87. The van der Waals surface area contributed by atoms with Gasteiger partial charge in [-0.1, -0.05) is 0 Å². The van der Waals surface area contributed by atoms with Crippen LogP contribution < -0.4 is 0 Å². The molecule has 5 nitrogen and oxygen atoms in total. The highest BCUT2D eigenvalue weighted by Crippen LogP contribution is 2.22. The average Bonchev–Trinajstić information content (AvgIpc) is 2.90. The summed E-state index contributed by atoms with van der Waals surface area (Å²) >= 11 is 0. The van der Waals surface area contributed by atoms with Crippen molar-refractivity contribution >= 4 is 0 Å². The first kappa shape index (κ1) is 11.5. The molecule has 6 heteroatoms. The lowest BCUT2D eigenvalue weighted by atomic mass is 10.2. The molecule has 0 aliphatic carbocycles. The van der Waals surface area contributed by atoms with Gasteiger partial charge in [0.1, 0.15) is 11.6 Å². The quantitative estimate of drug-likeness (QED) is 0.705. The van der Waals surface area contributed by atoms with E-state index in [-0.39, 0.29) is 5.82 Å². The van der Waals surface area contributed by atoms with Gasteiger partial charge in [0.15, 0.2) is 0 Å². The fourth-order valence-corrected chi connectivity index (χ4v) is 1.55. The molecular formula is C13H9FN4O. The topological polar surface area (TPSA) is 64.7 Å². The fourth-order valence-electron chi connectivity index (χ4n) is 1.55. The second kappa shape index (κ2) is 4.56. The van der Waals surface area contributed by atoms with Crippen molar-refractivity contribution in [3.8, 4) is 22.9 Å². The lowest BCUT2D eigenvalue weighted by Gasteiger charge is -1.95. The summed E-state index contributed by atoms with van der Waals surface area (Å²) in [6, 6.07) is 5.85. The molecule has 0 unspecified atom stereocenters. The molecule has 0 saturated carbocycles. The molecule has 0 saturated heterocycles. The molecule has 0 spiro atoms. The summed E-state index contributed by atoms with van der Waals surface area (Å²) in [4.78, 5) is 8.12. The second-order valence-corrected chi connectivity index (χ2v) is 3.94. The van der Waals surface area contributed by atoms with Crippen LogP contribution in [0.25, 0.3) is 22.9 Å². The van der Waals surface area contributed by atoms with Crippen LogP contribution in [0.1, 0.15) is 5.82 Å². The van der Waals surface area contributed by atoms with E-state index >= 15 is 0 Å². The summed E-state index contributed by atoms with van der Waals surface area (Å²) in [6.07, 6.45) is 3.23. The van der Waals surface area contributed by atoms with Crippen LogP contribution in [0.5, 0.6) is 0 Å². The Morgan fingerprint density at radius 2 is 1.47 bits per heavy atom. The Kier molecular flexibility index (Phi) is 2.75. The van der Waals surface area contributed by atoms with Gasteiger partial charge in [0.05, 0.1) is 5.56 Å². The normalized spacial score (nSPS) is 10.6. The molecule has 0 bridgehead atoms. The van der Waals surface area contributed by atoms with Crippen molar-refractivity contribution in [2.45, 2.75) is 6.92 Å². The average molecular weight is 256 g/mol. The van der Waals surface area contributed by atoms with E-state index in [2.05, 4.69) is 20.2 Å². The fraction of sp³-hybridized carbons (Fsp3) is 0.0769. The van der Waals surface area contributed by atoms with Gasteiger partial charge in [-0.15, -0.1) is 10.2 Å². The third-order valence-electron chi connectivity index (χ3n) is 2.54. The Morgan fingerprint density at radius 1 is 0.895 bits per heavy atom. The van der Waals surface area contributed by atoms with Crippen molar-refractivity contribution in [2.24, 2.45) is 0 Å². The van der Waals surface area contributed by atoms with Crippen LogP contribution in [0.15, 0.2) is 41.1 Å². The van der Waals surface area contributed by atoms with Crippen molar-refractivity contribution in [1.82, 2.24) is 20.2 Å². The zero-order valence-corrected chi connectivity index (χ0v) is 10.0. The van der Waals surface area contributed by atoms with Gasteiger partial charge in [0.2, 0.25) is 5.89 Å².